The highest BCUT2D eigenvalue weighted by molar-refractivity contribution is 5.99. The highest BCUT2D eigenvalue weighted by Crippen LogP contribution is 2.34. The summed E-state index contributed by atoms with van der Waals surface area (Å²) in [4.78, 5) is 25.5. The second-order valence-electron chi connectivity index (χ2n) is 5.39. The molecule has 0 heterocycles. The number of carbonyl (C=O) groups excluding carboxylic acids is 2. The number of likely N-dealkylation sites (N-methyl/N-ethyl adjacent to an activating group) is 1. The molecule has 0 aliphatic carbocycles. The van der Waals surface area contributed by atoms with Gasteiger partial charge in [-0.25, -0.2) is 4.39 Å². The van der Waals surface area contributed by atoms with Crippen molar-refractivity contribution in [3.63, 3.8) is 0 Å². The minimum absolute atomic E-state index is 0.0848. The molecule has 4 nitrogen and oxygen atoms in total. The minimum Gasteiger partial charge on any atom is -0.330 e. The van der Waals surface area contributed by atoms with E-state index in [1.807, 2.05) is 0 Å². The Morgan fingerprint density at radius 1 is 1.04 bits per heavy atom. The van der Waals surface area contributed by atoms with E-state index in [4.69, 9.17) is 0 Å². The van der Waals surface area contributed by atoms with Gasteiger partial charge in [0.25, 0.3) is 5.91 Å². The molecule has 0 aliphatic heterocycles. The number of carbonyl (C=O) groups is 2. The number of alkyl halides is 3. The predicted octanol–water partition coefficient (Wildman–Crippen LogP) is 3.95. The molecule has 2 aromatic rings. The van der Waals surface area contributed by atoms with Crippen molar-refractivity contribution in [1.29, 1.82) is 0 Å². The van der Waals surface area contributed by atoms with Crippen LogP contribution in [0.5, 0.6) is 0 Å². The quantitative estimate of drug-likeness (QED) is 0.813. The van der Waals surface area contributed by atoms with Gasteiger partial charge in [-0.15, -0.1) is 0 Å². The maximum absolute atomic E-state index is 13.7. The zero-order valence-electron chi connectivity index (χ0n) is 13.8. The summed E-state index contributed by atoms with van der Waals surface area (Å²) in [5.74, 6) is -2.27. The van der Waals surface area contributed by atoms with E-state index in [0.29, 0.717) is 0 Å². The Kier molecular flexibility index (Phi) is 5.97. The van der Waals surface area contributed by atoms with Gasteiger partial charge in [-0.3, -0.25) is 9.59 Å². The maximum Gasteiger partial charge on any atom is 0.418 e. The molecule has 0 saturated heterocycles. The van der Waals surface area contributed by atoms with Crippen LogP contribution in [0.4, 0.5) is 23.2 Å². The van der Waals surface area contributed by atoms with Crippen LogP contribution in [0.1, 0.15) is 22.8 Å². The Bertz CT molecular complexity index is 806. The zero-order chi connectivity index (χ0) is 19.3. The molecule has 1 N–H and O–H groups in total. The molecule has 0 unspecified atom stereocenters. The molecule has 0 aliphatic rings. The van der Waals surface area contributed by atoms with E-state index in [-0.39, 0.29) is 12.1 Å². The first-order chi connectivity index (χ1) is 12.2. The van der Waals surface area contributed by atoms with Gasteiger partial charge in [0.05, 0.1) is 16.8 Å². The molecule has 0 bridgehead atoms. The van der Waals surface area contributed by atoms with Crippen LogP contribution in [0.25, 0.3) is 0 Å². The number of halogens is 4. The Hall–Kier alpha value is -2.90. The molecule has 0 spiro atoms. The van der Waals surface area contributed by atoms with Gasteiger partial charge in [0.15, 0.2) is 0 Å². The molecular formula is C18H16F4N2O2. The third kappa shape index (κ3) is 4.59. The fourth-order valence-electron chi connectivity index (χ4n) is 2.33. The smallest absolute Gasteiger partial charge is 0.330 e. The number of anilines is 1. The van der Waals surface area contributed by atoms with Crippen molar-refractivity contribution in [2.24, 2.45) is 0 Å². The van der Waals surface area contributed by atoms with Crippen molar-refractivity contribution in [3.05, 3.63) is 65.5 Å². The second kappa shape index (κ2) is 7.99. The Balaban J connectivity index is 2.14. The zero-order valence-corrected chi connectivity index (χ0v) is 13.8. The van der Waals surface area contributed by atoms with Gasteiger partial charge < -0.3 is 10.2 Å². The van der Waals surface area contributed by atoms with Gasteiger partial charge in [-0.05, 0) is 31.2 Å². The van der Waals surface area contributed by atoms with Crippen LogP contribution in [-0.2, 0) is 11.0 Å². The average Bonchev–Trinajstić information content (AvgIpc) is 2.59. The monoisotopic (exact) mass is 368 g/mol. The average molecular weight is 368 g/mol. The molecule has 138 valence electrons. The SMILES string of the molecule is CCN(CC(=O)Nc1ccccc1C(F)(F)F)C(=O)c1ccccc1F. The summed E-state index contributed by atoms with van der Waals surface area (Å²) in [5, 5.41) is 2.16. The molecule has 0 saturated carbocycles. The van der Waals surface area contributed by atoms with Crippen LogP contribution in [0.2, 0.25) is 0 Å². The third-order valence-corrected chi connectivity index (χ3v) is 3.61. The number of benzene rings is 2. The Labute approximate surface area is 147 Å². The summed E-state index contributed by atoms with van der Waals surface area (Å²) in [6.45, 7) is 1.16. The lowest BCUT2D eigenvalue weighted by Gasteiger charge is -2.21. The number of hydrogen-bond donors (Lipinski definition) is 1. The molecule has 0 aromatic heterocycles. The van der Waals surface area contributed by atoms with Gasteiger partial charge in [0.2, 0.25) is 5.91 Å². The first kappa shape index (κ1) is 19.4. The lowest BCUT2D eigenvalue weighted by atomic mass is 10.1. The Morgan fingerprint density at radius 2 is 1.65 bits per heavy atom. The molecule has 2 amide bonds. The standard InChI is InChI=1S/C18H16F4N2O2/c1-2-24(17(26)12-7-3-5-9-14(12)19)11-16(25)23-15-10-6-4-8-13(15)18(20,21)22/h3-10H,2,11H2,1H3,(H,23,25). The molecule has 0 radical (unpaired) electrons. The van der Waals surface area contributed by atoms with Crippen LogP contribution >= 0.6 is 0 Å². The number of para-hydroxylation sites is 1. The van der Waals surface area contributed by atoms with Gasteiger partial charge in [0, 0.05) is 6.54 Å². The van der Waals surface area contributed by atoms with Crippen molar-refractivity contribution in [1.82, 2.24) is 4.90 Å². The van der Waals surface area contributed by atoms with Crippen molar-refractivity contribution in [3.8, 4) is 0 Å². The first-order valence-electron chi connectivity index (χ1n) is 7.74. The summed E-state index contributed by atoms with van der Waals surface area (Å²) in [7, 11) is 0. The lowest BCUT2D eigenvalue weighted by molar-refractivity contribution is -0.137. The van der Waals surface area contributed by atoms with E-state index >= 15 is 0 Å². The van der Waals surface area contributed by atoms with Crippen LogP contribution in [-0.4, -0.2) is 29.8 Å². The molecule has 8 heteroatoms. The van der Waals surface area contributed by atoms with Crippen molar-refractivity contribution >= 4 is 17.5 Å². The largest absolute Gasteiger partial charge is 0.418 e. The molecule has 0 atom stereocenters. The number of rotatable bonds is 5. The fourth-order valence-corrected chi connectivity index (χ4v) is 2.33. The molecular weight excluding hydrogens is 352 g/mol. The summed E-state index contributed by atoms with van der Waals surface area (Å²) in [6, 6.07) is 9.81. The minimum atomic E-state index is -4.63. The van der Waals surface area contributed by atoms with Gasteiger partial charge in [-0.2, -0.15) is 13.2 Å². The van der Waals surface area contributed by atoms with Crippen molar-refractivity contribution in [2.45, 2.75) is 13.1 Å². The van der Waals surface area contributed by atoms with E-state index in [9.17, 15) is 27.2 Å². The maximum atomic E-state index is 13.7. The van der Waals surface area contributed by atoms with Crippen LogP contribution < -0.4 is 5.32 Å². The molecule has 0 fully saturated rings. The van der Waals surface area contributed by atoms with Crippen molar-refractivity contribution < 1.29 is 27.2 Å². The molecule has 2 aromatic carbocycles. The fraction of sp³-hybridized carbons (Fsp3) is 0.222. The van der Waals surface area contributed by atoms with E-state index < -0.39 is 41.6 Å². The number of nitrogens with one attached hydrogen (secondary N) is 1. The normalized spacial score (nSPS) is 11.1. The van der Waals surface area contributed by atoms with E-state index in [1.54, 1.807) is 6.92 Å². The molecule has 2 rings (SSSR count). The summed E-state index contributed by atoms with van der Waals surface area (Å²) in [5.41, 5.74) is -1.60. The molecule has 26 heavy (non-hydrogen) atoms. The number of amides is 2. The van der Waals surface area contributed by atoms with Crippen LogP contribution in [0, 0.1) is 5.82 Å². The van der Waals surface area contributed by atoms with Crippen molar-refractivity contribution in [2.75, 3.05) is 18.4 Å². The van der Waals surface area contributed by atoms with Gasteiger partial charge >= 0.3 is 6.18 Å². The van der Waals surface area contributed by atoms with Gasteiger partial charge in [-0.1, -0.05) is 24.3 Å². The Morgan fingerprint density at radius 3 is 2.27 bits per heavy atom. The van der Waals surface area contributed by atoms with Crippen LogP contribution in [0.15, 0.2) is 48.5 Å². The summed E-state index contributed by atoms with van der Waals surface area (Å²) < 4.78 is 52.6. The number of nitrogens with zero attached hydrogens (tertiary/aromatic N) is 1. The highest BCUT2D eigenvalue weighted by atomic mass is 19.4. The highest BCUT2D eigenvalue weighted by Gasteiger charge is 2.33. The van der Waals surface area contributed by atoms with Gasteiger partial charge in [0.1, 0.15) is 12.4 Å². The first-order valence-corrected chi connectivity index (χ1v) is 7.74. The van der Waals surface area contributed by atoms with E-state index in [1.165, 1.54) is 30.3 Å². The van der Waals surface area contributed by atoms with E-state index in [0.717, 1.165) is 23.1 Å². The summed E-state index contributed by atoms with van der Waals surface area (Å²) in [6.07, 6.45) is -4.63. The predicted molar refractivity (Wildman–Crippen MR) is 88.1 cm³/mol. The van der Waals surface area contributed by atoms with Crippen LogP contribution in [0.3, 0.4) is 0 Å². The topological polar surface area (TPSA) is 49.4 Å². The summed E-state index contributed by atoms with van der Waals surface area (Å²) >= 11 is 0. The second-order valence-corrected chi connectivity index (χ2v) is 5.39. The van der Waals surface area contributed by atoms with E-state index in [2.05, 4.69) is 5.32 Å². The lowest BCUT2D eigenvalue weighted by Crippen LogP contribution is -2.38. The number of hydrogen-bond acceptors (Lipinski definition) is 2. The third-order valence-electron chi connectivity index (χ3n) is 3.61.